The van der Waals surface area contributed by atoms with Gasteiger partial charge in [0.25, 0.3) is 5.56 Å². The van der Waals surface area contributed by atoms with Gasteiger partial charge < -0.3 is 16.8 Å². The number of H-pyrrole nitrogens is 1. The molecule has 0 saturated heterocycles. The molecule has 0 aliphatic rings. The van der Waals surface area contributed by atoms with Crippen molar-refractivity contribution in [2.45, 2.75) is 19.3 Å². The number of rotatable bonds is 7. The number of hydrogen-bond acceptors (Lipinski definition) is 4. The van der Waals surface area contributed by atoms with Crippen LogP contribution in [0, 0.1) is 0 Å². The molecule has 122 valence electrons. The van der Waals surface area contributed by atoms with Gasteiger partial charge in [-0.15, -0.1) is 0 Å². The third kappa shape index (κ3) is 4.80. The normalized spacial score (nSPS) is 10.4. The van der Waals surface area contributed by atoms with Crippen molar-refractivity contribution in [2.75, 3.05) is 13.1 Å². The molecule has 0 radical (unpaired) electrons. The number of nitrogens with one attached hydrogen (secondary N) is 2. The number of fused-ring (bicyclic) bond motifs is 1. The van der Waals surface area contributed by atoms with Crippen LogP contribution >= 0.6 is 0 Å². The molecule has 0 saturated carbocycles. The summed E-state index contributed by atoms with van der Waals surface area (Å²) in [6.45, 7) is 1.09. The summed E-state index contributed by atoms with van der Waals surface area (Å²) in [4.78, 5) is 27.5. The summed E-state index contributed by atoms with van der Waals surface area (Å²) in [6.07, 6.45) is 1.69. The molecule has 0 aliphatic heterocycles. The Bertz CT molecular complexity index is 764. The average Bonchev–Trinajstić information content (AvgIpc) is 2.53. The highest BCUT2D eigenvalue weighted by molar-refractivity contribution is 5.88. The van der Waals surface area contributed by atoms with E-state index in [-0.39, 0.29) is 23.8 Å². The molecule has 1 amide bonds. The van der Waals surface area contributed by atoms with E-state index in [2.05, 4.69) is 20.5 Å². The van der Waals surface area contributed by atoms with Gasteiger partial charge in [-0.1, -0.05) is 18.2 Å². The van der Waals surface area contributed by atoms with Crippen LogP contribution in [0.2, 0.25) is 0 Å². The predicted octanol–water partition coefficient (Wildman–Crippen LogP) is -0.365. The molecule has 8 heteroatoms. The maximum Gasteiger partial charge on any atom is 0.272 e. The highest BCUT2D eigenvalue weighted by Crippen LogP contribution is 2.12. The molecule has 0 unspecified atom stereocenters. The van der Waals surface area contributed by atoms with Gasteiger partial charge in [0.2, 0.25) is 5.91 Å². The summed E-state index contributed by atoms with van der Waals surface area (Å²) in [5, 5.41) is 10.4. The van der Waals surface area contributed by atoms with Crippen LogP contribution in [-0.4, -0.2) is 35.2 Å². The largest absolute Gasteiger partial charge is 0.370 e. The lowest BCUT2D eigenvalue weighted by atomic mass is 10.1. The molecule has 2 aromatic rings. The Kier molecular flexibility index (Phi) is 5.67. The Morgan fingerprint density at radius 3 is 2.70 bits per heavy atom. The quantitative estimate of drug-likeness (QED) is 0.314. The third-order valence-electron chi connectivity index (χ3n) is 3.30. The van der Waals surface area contributed by atoms with Crippen LogP contribution in [0.5, 0.6) is 0 Å². The lowest BCUT2D eigenvalue weighted by molar-refractivity contribution is -0.120. The maximum atomic E-state index is 12.0. The number of aliphatic imine (C=N–C) groups is 1. The minimum Gasteiger partial charge on any atom is -0.370 e. The van der Waals surface area contributed by atoms with Gasteiger partial charge in [0.15, 0.2) is 5.96 Å². The van der Waals surface area contributed by atoms with Crippen molar-refractivity contribution >= 4 is 22.6 Å². The first-order valence-electron chi connectivity index (χ1n) is 7.36. The number of guanidine groups is 1. The van der Waals surface area contributed by atoms with Crippen molar-refractivity contribution in [2.24, 2.45) is 16.5 Å². The molecule has 1 heterocycles. The summed E-state index contributed by atoms with van der Waals surface area (Å²) in [5.41, 5.74) is 10.7. The summed E-state index contributed by atoms with van der Waals surface area (Å²) >= 11 is 0. The minimum atomic E-state index is -0.260. The highest BCUT2D eigenvalue weighted by atomic mass is 16.1. The number of aromatic amines is 1. The second-order valence-corrected chi connectivity index (χ2v) is 5.09. The van der Waals surface area contributed by atoms with Crippen LogP contribution in [0.25, 0.3) is 10.8 Å². The van der Waals surface area contributed by atoms with E-state index in [4.69, 9.17) is 11.5 Å². The van der Waals surface area contributed by atoms with E-state index in [1.807, 2.05) is 6.07 Å². The molecule has 0 atom stereocenters. The first kappa shape index (κ1) is 16.5. The van der Waals surface area contributed by atoms with Crippen LogP contribution in [-0.2, 0) is 11.2 Å². The van der Waals surface area contributed by atoms with Crippen LogP contribution in [0.15, 0.2) is 34.1 Å². The van der Waals surface area contributed by atoms with Gasteiger partial charge in [0.1, 0.15) is 0 Å². The lowest BCUT2D eigenvalue weighted by Crippen LogP contribution is -2.27. The molecular weight excluding hydrogens is 296 g/mol. The zero-order valence-electron chi connectivity index (χ0n) is 12.7. The van der Waals surface area contributed by atoms with Crippen LogP contribution in [0.1, 0.15) is 18.5 Å². The van der Waals surface area contributed by atoms with Gasteiger partial charge >= 0.3 is 0 Å². The molecule has 1 aromatic heterocycles. The summed E-state index contributed by atoms with van der Waals surface area (Å²) in [6, 6.07) is 7.09. The fourth-order valence-electron chi connectivity index (χ4n) is 2.19. The number of benzene rings is 1. The predicted molar refractivity (Wildman–Crippen MR) is 89.0 cm³/mol. The molecule has 8 nitrogen and oxygen atoms in total. The average molecular weight is 316 g/mol. The molecule has 6 N–H and O–H groups in total. The number of carbonyl (C=O) groups excluding carboxylic acids is 1. The summed E-state index contributed by atoms with van der Waals surface area (Å²) < 4.78 is 0. The van der Waals surface area contributed by atoms with E-state index in [1.165, 1.54) is 0 Å². The van der Waals surface area contributed by atoms with Gasteiger partial charge in [0.05, 0.1) is 17.5 Å². The van der Waals surface area contributed by atoms with Crippen molar-refractivity contribution in [3.63, 3.8) is 0 Å². The Labute approximate surface area is 133 Å². The number of aromatic nitrogens is 2. The minimum absolute atomic E-state index is 0.0741. The van der Waals surface area contributed by atoms with Crippen LogP contribution in [0.4, 0.5) is 0 Å². The second kappa shape index (κ2) is 7.92. The van der Waals surface area contributed by atoms with E-state index in [0.717, 1.165) is 12.8 Å². The van der Waals surface area contributed by atoms with Gasteiger partial charge in [-0.05, 0) is 18.9 Å². The number of nitrogens with two attached hydrogens (primary N) is 2. The van der Waals surface area contributed by atoms with Crippen molar-refractivity contribution in [3.8, 4) is 0 Å². The number of unbranched alkanes of at least 4 members (excludes halogenated alkanes) is 1. The smallest absolute Gasteiger partial charge is 0.272 e. The zero-order chi connectivity index (χ0) is 16.7. The first-order chi connectivity index (χ1) is 11.1. The Hall–Kier alpha value is -2.90. The zero-order valence-corrected chi connectivity index (χ0v) is 12.7. The molecule has 0 fully saturated rings. The van der Waals surface area contributed by atoms with E-state index in [9.17, 15) is 9.59 Å². The number of amides is 1. The Morgan fingerprint density at radius 2 is 1.96 bits per heavy atom. The van der Waals surface area contributed by atoms with E-state index < -0.39 is 0 Å². The SMILES string of the molecule is NC(N)=NCCCCNC(=O)Cc1n[nH]c(=O)c2ccccc12. The molecule has 2 rings (SSSR count). The van der Waals surface area contributed by atoms with E-state index in [0.29, 0.717) is 29.6 Å². The molecule has 0 spiro atoms. The van der Waals surface area contributed by atoms with Crippen LogP contribution < -0.4 is 22.3 Å². The second-order valence-electron chi connectivity index (χ2n) is 5.09. The maximum absolute atomic E-state index is 12.0. The van der Waals surface area contributed by atoms with Crippen molar-refractivity contribution in [1.82, 2.24) is 15.5 Å². The molecule has 0 bridgehead atoms. The number of nitrogens with zero attached hydrogens (tertiary/aromatic N) is 2. The van der Waals surface area contributed by atoms with Gasteiger partial charge in [0, 0.05) is 18.5 Å². The monoisotopic (exact) mass is 316 g/mol. The van der Waals surface area contributed by atoms with E-state index in [1.54, 1.807) is 18.2 Å². The van der Waals surface area contributed by atoms with Gasteiger partial charge in [-0.2, -0.15) is 5.10 Å². The van der Waals surface area contributed by atoms with E-state index >= 15 is 0 Å². The van der Waals surface area contributed by atoms with Crippen molar-refractivity contribution in [3.05, 3.63) is 40.3 Å². The Morgan fingerprint density at radius 1 is 1.22 bits per heavy atom. The Balaban J connectivity index is 1.88. The molecule has 1 aromatic carbocycles. The van der Waals surface area contributed by atoms with Crippen molar-refractivity contribution < 1.29 is 4.79 Å². The highest BCUT2D eigenvalue weighted by Gasteiger charge is 2.10. The molecule has 0 aliphatic carbocycles. The fraction of sp³-hybridized carbons (Fsp3) is 0.333. The number of hydrogen-bond donors (Lipinski definition) is 4. The number of carbonyl (C=O) groups is 1. The summed E-state index contributed by atoms with van der Waals surface area (Å²) in [7, 11) is 0. The lowest BCUT2D eigenvalue weighted by Gasteiger charge is -2.06. The molecular formula is C15H20N6O2. The first-order valence-corrected chi connectivity index (χ1v) is 7.36. The van der Waals surface area contributed by atoms with Gasteiger partial charge in [-0.25, -0.2) is 5.10 Å². The molecule has 23 heavy (non-hydrogen) atoms. The third-order valence-corrected chi connectivity index (χ3v) is 3.30. The fourth-order valence-corrected chi connectivity index (χ4v) is 2.19. The van der Waals surface area contributed by atoms with Crippen molar-refractivity contribution in [1.29, 1.82) is 0 Å². The summed E-state index contributed by atoms with van der Waals surface area (Å²) in [5.74, 6) is -0.0680. The van der Waals surface area contributed by atoms with Gasteiger partial charge in [-0.3, -0.25) is 14.6 Å². The van der Waals surface area contributed by atoms with Crippen LogP contribution in [0.3, 0.4) is 0 Å². The standard InChI is InChI=1S/C15H20N6O2/c16-15(17)19-8-4-3-7-18-13(22)9-12-10-5-1-2-6-11(10)14(23)21-20-12/h1-2,5-6H,3-4,7-9H2,(H,18,22)(H,21,23)(H4,16,17,19). The topological polar surface area (TPSA) is 139 Å².